The van der Waals surface area contributed by atoms with E-state index in [9.17, 15) is 8.42 Å². The van der Waals surface area contributed by atoms with E-state index < -0.39 is 10.2 Å². The van der Waals surface area contributed by atoms with E-state index in [1.165, 1.54) is 10.6 Å². The minimum Gasteiger partial charge on any atom is -0.314 e. The predicted octanol–water partition coefficient (Wildman–Crippen LogP) is -1.28. The van der Waals surface area contributed by atoms with E-state index in [4.69, 9.17) is 0 Å². The van der Waals surface area contributed by atoms with Crippen molar-refractivity contribution in [3.63, 3.8) is 0 Å². The Balaban J connectivity index is 1.93. The van der Waals surface area contributed by atoms with E-state index in [0.717, 1.165) is 0 Å². The number of hydrogen-bond donors (Lipinski definition) is 2. The van der Waals surface area contributed by atoms with Gasteiger partial charge in [0.1, 0.15) is 6.33 Å². The summed E-state index contributed by atoms with van der Waals surface area (Å²) in [5.74, 6) is 0. The van der Waals surface area contributed by atoms with E-state index in [-0.39, 0.29) is 6.54 Å². The Morgan fingerprint density at radius 2 is 2.18 bits per heavy atom. The lowest BCUT2D eigenvalue weighted by atomic mass is 10.4. The number of rotatable bonds is 4. The molecule has 0 radical (unpaired) electrons. The average Bonchev–Trinajstić information content (AvgIpc) is 2.39. The number of hydrogen-bond acceptors (Lipinski definition) is 5. The highest BCUT2D eigenvalue weighted by Crippen LogP contribution is 2.01. The van der Waals surface area contributed by atoms with Crippen LogP contribution in [-0.2, 0) is 16.8 Å². The summed E-state index contributed by atoms with van der Waals surface area (Å²) < 4.78 is 27.8. The molecule has 1 fully saturated rings. The van der Waals surface area contributed by atoms with Crippen LogP contribution in [0.15, 0.2) is 18.6 Å². The lowest BCUT2D eigenvalue weighted by molar-refractivity contribution is 0.354. The number of nitrogens with one attached hydrogen (secondary N) is 2. The third kappa shape index (κ3) is 3.43. The van der Waals surface area contributed by atoms with Gasteiger partial charge in [-0.25, -0.2) is 9.97 Å². The molecule has 0 amide bonds. The molecule has 94 valence electrons. The fourth-order valence-corrected chi connectivity index (χ4v) is 2.74. The standard InChI is InChI=1S/C9H15N5O2S/c15-17(16,14-5-3-10-4-6-14)13-7-9-1-2-11-8-12-9/h1-2,8,10,13H,3-7H2. The van der Waals surface area contributed by atoms with Crippen LogP contribution in [0, 0.1) is 0 Å². The molecule has 2 rings (SSSR count). The van der Waals surface area contributed by atoms with Gasteiger partial charge >= 0.3 is 0 Å². The molecule has 1 saturated heterocycles. The van der Waals surface area contributed by atoms with Gasteiger partial charge in [0.25, 0.3) is 10.2 Å². The molecule has 0 aromatic carbocycles. The molecule has 0 bridgehead atoms. The minimum absolute atomic E-state index is 0.189. The molecule has 0 aliphatic carbocycles. The van der Waals surface area contributed by atoms with Gasteiger partial charge in [0.05, 0.1) is 12.2 Å². The lowest BCUT2D eigenvalue weighted by Gasteiger charge is -2.26. The molecule has 0 unspecified atom stereocenters. The molecule has 1 aromatic rings. The molecule has 0 saturated carbocycles. The first kappa shape index (κ1) is 12.4. The predicted molar refractivity (Wildman–Crippen MR) is 62.2 cm³/mol. The first-order chi connectivity index (χ1) is 8.18. The smallest absolute Gasteiger partial charge is 0.279 e. The van der Waals surface area contributed by atoms with Crippen molar-refractivity contribution in [2.75, 3.05) is 26.2 Å². The fourth-order valence-electron chi connectivity index (χ4n) is 1.56. The van der Waals surface area contributed by atoms with Gasteiger partial charge < -0.3 is 5.32 Å². The molecule has 2 heterocycles. The zero-order valence-electron chi connectivity index (χ0n) is 9.33. The first-order valence-electron chi connectivity index (χ1n) is 5.39. The molecular formula is C9H15N5O2S. The maximum absolute atomic E-state index is 11.9. The highest BCUT2D eigenvalue weighted by atomic mass is 32.2. The van der Waals surface area contributed by atoms with Crippen LogP contribution in [0.25, 0.3) is 0 Å². The van der Waals surface area contributed by atoms with Crippen molar-refractivity contribution in [3.8, 4) is 0 Å². The molecule has 17 heavy (non-hydrogen) atoms. The number of piperazine rings is 1. The topological polar surface area (TPSA) is 87.2 Å². The SMILES string of the molecule is O=S(=O)(NCc1ccncn1)N1CCNCC1. The molecule has 1 aliphatic rings. The Labute approximate surface area is 100 Å². The van der Waals surface area contributed by atoms with Crippen LogP contribution < -0.4 is 10.0 Å². The minimum atomic E-state index is -3.40. The molecule has 8 heteroatoms. The van der Waals surface area contributed by atoms with Crippen molar-refractivity contribution < 1.29 is 8.42 Å². The highest BCUT2D eigenvalue weighted by molar-refractivity contribution is 7.87. The normalized spacial score (nSPS) is 18.1. The Morgan fingerprint density at radius 1 is 1.41 bits per heavy atom. The second-order valence-electron chi connectivity index (χ2n) is 3.68. The van der Waals surface area contributed by atoms with E-state index in [0.29, 0.717) is 31.9 Å². The summed E-state index contributed by atoms with van der Waals surface area (Å²) in [4.78, 5) is 7.73. The summed E-state index contributed by atoms with van der Waals surface area (Å²) in [5.41, 5.74) is 0.652. The molecule has 2 N–H and O–H groups in total. The fraction of sp³-hybridized carbons (Fsp3) is 0.556. The Kier molecular flexibility index (Phi) is 4.00. The highest BCUT2D eigenvalue weighted by Gasteiger charge is 2.22. The average molecular weight is 257 g/mol. The molecular weight excluding hydrogens is 242 g/mol. The maximum atomic E-state index is 11.9. The summed E-state index contributed by atoms with van der Waals surface area (Å²) >= 11 is 0. The third-order valence-corrected chi connectivity index (χ3v) is 4.05. The summed E-state index contributed by atoms with van der Waals surface area (Å²) in [7, 11) is -3.40. The Bertz CT molecular complexity index is 444. The van der Waals surface area contributed by atoms with E-state index in [2.05, 4.69) is 20.0 Å². The van der Waals surface area contributed by atoms with E-state index in [1.54, 1.807) is 12.3 Å². The largest absolute Gasteiger partial charge is 0.314 e. The van der Waals surface area contributed by atoms with Gasteiger partial charge in [-0.1, -0.05) is 0 Å². The first-order valence-corrected chi connectivity index (χ1v) is 6.83. The van der Waals surface area contributed by atoms with Gasteiger partial charge in [0.15, 0.2) is 0 Å². The maximum Gasteiger partial charge on any atom is 0.279 e. The van der Waals surface area contributed by atoms with E-state index >= 15 is 0 Å². The quantitative estimate of drug-likeness (QED) is 0.701. The van der Waals surface area contributed by atoms with Crippen LogP contribution in [0.1, 0.15) is 5.69 Å². The van der Waals surface area contributed by atoms with Crippen LogP contribution in [0.5, 0.6) is 0 Å². The summed E-state index contributed by atoms with van der Waals surface area (Å²) in [6.07, 6.45) is 2.98. The summed E-state index contributed by atoms with van der Waals surface area (Å²) in [5, 5.41) is 3.11. The summed E-state index contributed by atoms with van der Waals surface area (Å²) in [6, 6.07) is 1.68. The van der Waals surface area contributed by atoms with Crippen molar-refractivity contribution >= 4 is 10.2 Å². The zero-order chi connectivity index (χ0) is 12.1. The van der Waals surface area contributed by atoms with Crippen LogP contribution in [0.2, 0.25) is 0 Å². The van der Waals surface area contributed by atoms with Crippen molar-refractivity contribution in [1.82, 2.24) is 24.3 Å². The number of aromatic nitrogens is 2. The van der Waals surface area contributed by atoms with Gasteiger partial charge in [-0.15, -0.1) is 0 Å². The molecule has 7 nitrogen and oxygen atoms in total. The van der Waals surface area contributed by atoms with Crippen LogP contribution in [-0.4, -0.2) is 48.9 Å². The Hall–Kier alpha value is -1.09. The van der Waals surface area contributed by atoms with E-state index in [1.807, 2.05) is 0 Å². The van der Waals surface area contributed by atoms with Crippen LogP contribution in [0.4, 0.5) is 0 Å². The number of nitrogens with zero attached hydrogens (tertiary/aromatic N) is 3. The van der Waals surface area contributed by atoms with Gasteiger partial charge in [-0.3, -0.25) is 0 Å². The zero-order valence-corrected chi connectivity index (χ0v) is 10.2. The van der Waals surface area contributed by atoms with Gasteiger partial charge in [0.2, 0.25) is 0 Å². The van der Waals surface area contributed by atoms with Crippen molar-refractivity contribution in [3.05, 3.63) is 24.3 Å². The second-order valence-corrected chi connectivity index (χ2v) is 5.43. The molecule has 0 spiro atoms. The molecule has 0 atom stereocenters. The molecule has 1 aliphatic heterocycles. The second kappa shape index (κ2) is 5.50. The van der Waals surface area contributed by atoms with Crippen molar-refractivity contribution in [1.29, 1.82) is 0 Å². The summed E-state index contributed by atoms with van der Waals surface area (Å²) in [6.45, 7) is 2.57. The van der Waals surface area contributed by atoms with Crippen molar-refractivity contribution in [2.24, 2.45) is 0 Å². The van der Waals surface area contributed by atoms with Gasteiger partial charge in [0, 0.05) is 32.4 Å². The monoisotopic (exact) mass is 257 g/mol. The van der Waals surface area contributed by atoms with Crippen molar-refractivity contribution in [2.45, 2.75) is 6.54 Å². The molecule has 1 aromatic heterocycles. The Morgan fingerprint density at radius 3 is 2.82 bits per heavy atom. The van der Waals surface area contributed by atoms with Gasteiger partial charge in [-0.2, -0.15) is 17.4 Å². The van der Waals surface area contributed by atoms with Crippen LogP contribution >= 0.6 is 0 Å². The lowest BCUT2D eigenvalue weighted by Crippen LogP contribution is -2.50. The third-order valence-electron chi connectivity index (χ3n) is 2.49. The van der Waals surface area contributed by atoms with Gasteiger partial charge in [-0.05, 0) is 6.07 Å². The van der Waals surface area contributed by atoms with Crippen LogP contribution in [0.3, 0.4) is 0 Å².